The maximum atomic E-state index is 8.67. The average molecular weight is 508 g/mol. The van der Waals surface area contributed by atoms with E-state index in [-0.39, 0.29) is 48.6 Å². The Morgan fingerprint density at radius 1 is 1.33 bits per heavy atom. The summed E-state index contributed by atoms with van der Waals surface area (Å²) in [5.74, 6) is 0. The van der Waals surface area contributed by atoms with Crippen molar-refractivity contribution in [3.63, 3.8) is 0 Å². The first-order chi connectivity index (χ1) is 1.73. The van der Waals surface area contributed by atoms with Crippen molar-refractivity contribution in [2.45, 2.75) is 0 Å². The molecule has 0 aliphatic heterocycles. The molecule has 0 unspecified atom stereocenters. The molecule has 6 heteroatoms. The predicted octanol–water partition coefficient (Wildman–Crippen LogP) is -1.72. The Morgan fingerprint density at radius 2 is 1.33 bits per heavy atom. The Hall–Kier alpha value is 1.77. The van der Waals surface area contributed by atoms with Gasteiger partial charge < -0.3 is 0 Å². The molecule has 0 aromatic carbocycles. The van der Waals surface area contributed by atoms with E-state index in [4.69, 9.17) is 11.4 Å². The zero-order valence-electron chi connectivity index (χ0n) is 2.59. The molecule has 42 valence electrons. The van der Waals surface area contributed by atoms with Crippen molar-refractivity contribution in [1.82, 2.24) is 0 Å². The fraction of sp³-hybridized carbons (Fsp3) is 0. The van der Waals surface area contributed by atoms with E-state index in [0.29, 0.717) is 0 Å². The summed E-state index contributed by atoms with van der Waals surface area (Å²) in [6.07, 6.45) is 0. The average Bonchev–Trinajstić information content (AvgIpc) is 0.811. The minimum absolute atomic E-state index is 0. The molecule has 0 atom stereocenters. The van der Waals surface area contributed by atoms with Crippen LogP contribution in [0, 0.1) is 0 Å². The standard InChI is InChI=1S/Au.Bi.H2O.2O.V.2H/h;;1H2;;;;;/q;;;;;+1;;/p-1. The van der Waals surface area contributed by atoms with Gasteiger partial charge in [0.05, 0.1) is 0 Å². The minimum atomic E-state index is -3.69. The van der Waals surface area contributed by atoms with Crippen molar-refractivity contribution < 1.29 is 49.2 Å². The first-order valence-corrected chi connectivity index (χ1v) is 2.33. The van der Waals surface area contributed by atoms with Gasteiger partial charge in [0.1, 0.15) is 0 Å². The van der Waals surface area contributed by atoms with Gasteiger partial charge in [-0.3, -0.25) is 0 Å². The summed E-state index contributed by atoms with van der Waals surface area (Å²) in [6, 6.07) is 0. The third-order valence-corrected chi connectivity index (χ3v) is 0. The van der Waals surface area contributed by atoms with E-state index < -0.39 is 15.4 Å². The van der Waals surface area contributed by atoms with Crippen molar-refractivity contribution in [3.05, 3.63) is 0 Å². The van der Waals surface area contributed by atoms with Crippen molar-refractivity contribution in [1.29, 1.82) is 0 Å². The van der Waals surface area contributed by atoms with Gasteiger partial charge in [-0.2, -0.15) is 0 Å². The summed E-state index contributed by atoms with van der Waals surface area (Å²) in [7, 11) is 0. The normalized spacial score (nSPS) is 4.17. The van der Waals surface area contributed by atoms with Crippen LogP contribution in [0.15, 0.2) is 0 Å². The van der Waals surface area contributed by atoms with Gasteiger partial charge in [-0.1, -0.05) is 0 Å². The second-order valence-corrected chi connectivity index (χ2v) is 0.981. The fourth-order valence-corrected chi connectivity index (χ4v) is 0. The quantitative estimate of drug-likeness (QED) is 0.397. The molecule has 0 heterocycles. The Kier molecular flexibility index (Phi) is 25.8. The van der Waals surface area contributed by atoms with Gasteiger partial charge in [0.2, 0.25) is 0 Å². The van der Waals surface area contributed by atoms with Gasteiger partial charge in [0.25, 0.3) is 0 Å². The molecule has 1 N–H and O–H groups in total. The molecule has 0 aliphatic rings. The molecule has 2 radical (unpaired) electrons. The summed E-state index contributed by atoms with van der Waals surface area (Å²) in [6.45, 7) is 0. The number of rotatable bonds is 0. The van der Waals surface area contributed by atoms with E-state index in [1.807, 2.05) is 0 Å². The zero-order chi connectivity index (χ0) is 3.58. The molecule has 0 spiro atoms. The molecule has 0 fully saturated rings. The first kappa shape index (κ1) is 15.7. The van der Waals surface area contributed by atoms with Crippen LogP contribution in [0.2, 0.25) is 0 Å². The van der Waals surface area contributed by atoms with Crippen LogP contribution in [0.25, 0.3) is 0 Å². The Morgan fingerprint density at radius 3 is 1.33 bits per heavy atom. The van der Waals surface area contributed by atoms with E-state index in [0.717, 1.165) is 0 Å². The van der Waals surface area contributed by atoms with Crippen molar-refractivity contribution in [2.24, 2.45) is 0 Å². The summed E-state index contributed by atoms with van der Waals surface area (Å²) in [4.78, 5) is 0. The van der Waals surface area contributed by atoms with Crippen LogP contribution in [-0.2, 0) is 45.1 Å². The van der Waals surface area contributed by atoms with E-state index >= 15 is 0 Å². The van der Waals surface area contributed by atoms with Gasteiger partial charge in [0, 0.05) is 22.4 Å². The molecule has 0 bridgehead atoms. The third-order valence-electron chi connectivity index (χ3n) is 0. The Balaban J connectivity index is -0.0000000450. The molecule has 0 amide bonds. The van der Waals surface area contributed by atoms with Gasteiger partial charge in [0.15, 0.2) is 0 Å². The molecular formula is H3AuBiO3V. The molecule has 0 aromatic rings. The SMILES string of the molecule is [Au].[BiH2].[O]=[V](=[O])[OH]. The van der Waals surface area contributed by atoms with E-state index in [9.17, 15) is 0 Å². The van der Waals surface area contributed by atoms with Gasteiger partial charge in [-0.25, -0.2) is 0 Å². The van der Waals surface area contributed by atoms with Crippen molar-refractivity contribution in [3.8, 4) is 0 Å². The molecule has 0 aromatic heterocycles. The first-order valence-electron chi connectivity index (χ1n) is 0.565. The van der Waals surface area contributed by atoms with Crippen LogP contribution >= 0.6 is 0 Å². The van der Waals surface area contributed by atoms with Crippen LogP contribution in [0.4, 0.5) is 0 Å². The predicted molar refractivity (Wildman–Crippen MR) is 12.1 cm³/mol. The van der Waals surface area contributed by atoms with E-state index in [1.165, 1.54) is 0 Å². The summed E-state index contributed by atoms with van der Waals surface area (Å²) in [5, 5.41) is 0. The summed E-state index contributed by atoms with van der Waals surface area (Å²) < 4.78 is 24.4. The van der Waals surface area contributed by atoms with Crippen LogP contribution in [0.5, 0.6) is 0 Å². The number of hydrogen-bond donors (Lipinski definition) is 1. The summed E-state index contributed by atoms with van der Waals surface area (Å²) >= 11 is -3.69. The fourth-order valence-electron chi connectivity index (χ4n) is 0. The molecule has 3 nitrogen and oxygen atoms in total. The van der Waals surface area contributed by atoms with E-state index in [2.05, 4.69) is 0 Å². The van der Waals surface area contributed by atoms with Crippen LogP contribution < -0.4 is 0 Å². The van der Waals surface area contributed by atoms with Crippen molar-refractivity contribution >= 4 is 26.2 Å². The van der Waals surface area contributed by atoms with E-state index in [1.54, 1.807) is 0 Å². The zero-order valence-corrected chi connectivity index (χ0v) is 10.6. The van der Waals surface area contributed by atoms with Crippen LogP contribution in [-0.4, -0.2) is 30.2 Å². The second-order valence-electron chi connectivity index (χ2n) is 0.238. The van der Waals surface area contributed by atoms with Gasteiger partial charge in [-0.05, 0) is 0 Å². The molecule has 0 aliphatic carbocycles. The molecular weight excluding hydrogens is 505 g/mol. The Labute approximate surface area is 74.5 Å². The van der Waals surface area contributed by atoms with Gasteiger partial charge in [-0.15, -0.1) is 0 Å². The van der Waals surface area contributed by atoms with Crippen molar-refractivity contribution in [2.75, 3.05) is 0 Å². The maximum absolute atomic E-state index is 8.67. The molecule has 0 saturated heterocycles. The third kappa shape index (κ3) is 42.0. The molecule has 0 saturated carbocycles. The molecule has 0 rings (SSSR count). The van der Waals surface area contributed by atoms with Crippen LogP contribution in [0.1, 0.15) is 0 Å². The monoisotopic (exact) mass is 508 g/mol. The second kappa shape index (κ2) is 9.90. The number of hydrogen-bond acceptors (Lipinski definition) is 2. The Bertz CT molecular complexity index is 59.2. The van der Waals surface area contributed by atoms with Crippen LogP contribution in [0.3, 0.4) is 0 Å². The topological polar surface area (TPSA) is 54.4 Å². The summed E-state index contributed by atoms with van der Waals surface area (Å²) in [5.41, 5.74) is 0. The van der Waals surface area contributed by atoms with Gasteiger partial charge >= 0.3 is 53.0 Å². The molecule has 6 heavy (non-hydrogen) atoms.